The molecular weight excluding hydrogens is 342 g/mol. The number of nitrogens with two attached hydrogens (primary N) is 1. The molecule has 1 aliphatic heterocycles. The summed E-state index contributed by atoms with van der Waals surface area (Å²) in [6.07, 6.45) is 6.76. The van der Waals surface area contributed by atoms with E-state index in [1.54, 1.807) is 12.0 Å². The number of carbonyl (C=O) groups is 2. The van der Waals surface area contributed by atoms with Gasteiger partial charge in [0.05, 0.1) is 12.8 Å². The molecule has 2 amide bonds. The van der Waals surface area contributed by atoms with Gasteiger partial charge in [0, 0.05) is 36.7 Å². The second kappa shape index (κ2) is 7.50. The highest BCUT2D eigenvalue weighted by molar-refractivity contribution is 5.98. The first-order chi connectivity index (χ1) is 13.1. The standard InChI is InChI=1S/C21H29N3O3/c1-27-18-12-16(7-8-17(18)24-9-3-6-19(24)25)23-21(26)15-10-13-4-2-5-14(11-15)20(13)22/h7-8,12-15,20H,2-6,9-11,22H2,1H3,(H,23,26). The van der Waals surface area contributed by atoms with Crippen molar-refractivity contribution in [3.63, 3.8) is 0 Å². The fourth-order valence-electron chi connectivity index (χ4n) is 5.13. The quantitative estimate of drug-likeness (QED) is 0.852. The molecule has 2 bridgehead atoms. The lowest BCUT2D eigenvalue weighted by Gasteiger charge is -2.43. The molecule has 0 spiro atoms. The predicted molar refractivity (Wildman–Crippen MR) is 105 cm³/mol. The number of rotatable bonds is 4. The van der Waals surface area contributed by atoms with Crippen LogP contribution in [0.1, 0.15) is 44.9 Å². The SMILES string of the molecule is COc1cc(NC(=O)C2CC3CCCC(C2)C3N)ccc1N1CCCC1=O. The van der Waals surface area contributed by atoms with Gasteiger partial charge in [-0.05, 0) is 56.1 Å². The minimum atomic E-state index is 0.0333. The maximum Gasteiger partial charge on any atom is 0.227 e. The van der Waals surface area contributed by atoms with Gasteiger partial charge in [0.2, 0.25) is 11.8 Å². The molecular formula is C21H29N3O3. The van der Waals surface area contributed by atoms with Gasteiger partial charge in [0.25, 0.3) is 0 Å². The molecule has 1 heterocycles. The monoisotopic (exact) mass is 371 g/mol. The highest BCUT2D eigenvalue weighted by atomic mass is 16.5. The van der Waals surface area contributed by atoms with E-state index in [2.05, 4.69) is 5.32 Å². The summed E-state index contributed by atoms with van der Waals surface area (Å²) in [7, 11) is 1.59. The van der Waals surface area contributed by atoms with Crippen LogP contribution in [0, 0.1) is 17.8 Å². The number of ether oxygens (including phenoxy) is 1. The number of benzene rings is 1. The van der Waals surface area contributed by atoms with Gasteiger partial charge in [-0.15, -0.1) is 0 Å². The Kier molecular flexibility index (Phi) is 5.08. The number of nitrogens with zero attached hydrogens (tertiary/aromatic N) is 1. The molecule has 0 radical (unpaired) electrons. The molecule has 4 rings (SSSR count). The van der Waals surface area contributed by atoms with E-state index in [1.165, 1.54) is 6.42 Å². The average molecular weight is 371 g/mol. The molecule has 1 aromatic carbocycles. The first kappa shape index (κ1) is 18.3. The minimum absolute atomic E-state index is 0.0333. The van der Waals surface area contributed by atoms with Crippen molar-refractivity contribution in [1.29, 1.82) is 0 Å². The number of carbonyl (C=O) groups excluding carboxylic acids is 2. The summed E-state index contributed by atoms with van der Waals surface area (Å²) < 4.78 is 5.49. The van der Waals surface area contributed by atoms with E-state index in [1.807, 2.05) is 18.2 Å². The van der Waals surface area contributed by atoms with Crippen LogP contribution in [-0.2, 0) is 9.59 Å². The van der Waals surface area contributed by atoms with Crippen molar-refractivity contribution in [2.75, 3.05) is 23.9 Å². The van der Waals surface area contributed by atoms with Crippen molar-refractivity contribution in [3.05, 3.63) is 18.2 Å². The highest BCUT2D eigenvalue weighted by Gasteiger charge is 2.40. The van der Waals surface area contributed by atoms with E-state index in [9.17, 15) is 9.59 Å². The van der Waals surface area contributed by atoms with Crippen molar-refractivity contribution < 1.29 is 14.3 Å². The Hall–Kier alpha value is -2.08. The second-order valence-corrected chi connectivity index (χ2v) is 8.22. The zero-order valence-electron chi connectivity index (χ0n) is 15.9. The van der Waals surface area contributed by atoms with E-state index < -0.39 is 0 Å². The number of amides is 2. The molecule has 6 nitrogen and oxygen atoms in total. The molecule has 3 fully saturated rings. The summed E-state index contributed by atoms with van der Waals surface area (Å²) in [6.45, 7) is 0.714. The fourth-order valence-corrected chi connectivity index (χ4v) is 5.13. The Bertz CT molecular complexity index is 721. The Labute approximate surface area is 160 Å². The van der Waals surface area contributed by atoms with Crippen molar-refractivity contribution in [3.8, 4) is 5.75 Å². The van der Waals surface area contributed by atoms with Crippen molar-refractivity contribution >= 4 is 23.2 Å². The summed E-state index contributed by atoms with van der Waals surface area (Å²) in [6, 6.07) is 5.80. The molecule has 1 saturated heterocycles. The third kappa shape index (κ3) is 3.55. The van der Waals surface area contributed by atoms with Crippen molar-refractivity contribution in [1.82, 2.24) is 0 Å². The molecule has 27 heavy (non-hydrogen) atoms. The van der Waals surface area contributed by atoms with Crippen LogP contribution in [0.15, 0.2) is 18.2 Å². The fraction of sp³-hybridized carbons (Fsp3) is 0.619. The maximum atomic E-state index is 12.8. The molecule has 1 aromatic rings. The maximum absolute atomic E-state index is 12.8. The number of methoxy groups -OCH3 is 1. The molecule has 3 N–H and O–H groups in total. The van der Waals surface area contributed by atoms with Gasteiger partial charge in [-0.1, -0.05) is 6.42 Å². The number of anilines is 2. The van der Waals surface area contributed by atoms with Gasteiger partial charge >= 0.3 is 0 Å². The molecule has 2 atom stereocenters. The normalized spacial score (nSPS) is 30.3. The van der Waals surface area contributed by atoms with Crippen LogP contribution in [-0.4, -0.2) is 31.5 Å². The van der Waals surface area contributed by atoms with E-state index in [0.29, 0.717) is 36.2 Å². The number of fused-ring (bicyclic) bond motifs is 2. The van der Waals surface area contributed by atoms with Gasteiger partial charge in [0.15, 0.2) is 0 Å². The van der Waals surface area contributed by atoms with Gasteiger partial charge < -0.3 is 20.7 Å². The predicted octanol–water partition coefficient (Wildman–Crippen LogP) is 2.91. The molecule has 146 valence electrons. The second-order valence-electron chi connectivity index (χ2n) is 8.22. The third-order valence-electron chi connectivity index (χ3n) is 6.60. The zero-order chi connectivity index (χ0) is 19.0. The van der Waals surface area contributed by atoms with E-state index >= 15 is 0 Å². The molecule has 3 aliphatic rings. The Morgan fingerprint density at radius 2 is 1.96 bits per heavy atom. The number of hydrogen-bond donors (Lipinski definition) is 2. The minimum Gasteiger partial charge on any atom is -0.494 e. The molecule has 0 aromatic heterocycles. The summed E-state index contributed by atoms with van der Waals surface area (Å²) >= 11 is 0. The van der Waals surface area contributed by atoms with Crippen LogP contribution in [0.2, 0.25) is 0 Å². The van der Waals surface area contributed by atoms with Crippen LogP contribution in [0.25, 0.3) is 0 Å². The topological polar surface area (TPSA) is 84.7 Å². The van der Waals surface area contributed by atoms with Crippen LogP contribution in [0.3, 0.4) is 0 Å². The Morgan fingerprint density at radius 3 is 2.59 bits per heavy atom. The average Bonchev–Trinajstić information content (AvgIpc) is 3.07. The highest BCUT2D eigenvalue weighted by Crippen LogP contribution is 2.42. The summed E-state index contributed by atoms with van der Waals surface area (Å²) in [5.74, 6) is 1.80. The van der Waals surface area contributed by atoms with Gasteiger partial charge in [-0.2, -0.15) is 0 Å². The van der Waals surface area contributed by atoms with Gasteiger partial charge in [-0.3, -0.25) is 9.59 Å². The van der Waals surface area contributed by atoms with Crippen LogP contribution < -0.4 is 20.7 Å². The zero-order valence-corrected chi connectivity index (χ0v) is 15.9. The van der Waals surface area contributed by atoms with E-state index in [4.69, 9.17) is 10.5 Å². The number of hydrogen-bond acceptors (Lipinski definition) is 4. The summed E-state index contributed by atoms with van der Waals surface area (Å²) in [4.78, 5) is 26.6. The smallest absolute Gasteiger partial charge is 0.227 e. The largest absolute Gasteiger partial charge is 0.494 e. The Morgan fingerprint density at radius 1 is 1.22 bits per heavy atom. The van der Waals surface area contributed by atoms with Gasteiger partial charge in [-0.25, -0.2) is 0 Å². The van der Waals surface area contributed by atoms with Crippen LogP contribution in [0.4, 0.5) is 11.4 Å². The van der Waals surface area contributed by atoms with Crippen LogP contribution in [0.5, 0.6) is 5.75 Å². The van der Waals surface area contributed by atoms with E-state index in [0.717, 1.165) is 37.8 Å². The van der Waals surface area contributed by atoms with Crippen LogP contribution >= 0.6 is 0 Å². The lowest BCUT2D eigenvalue weighted by molar-refractivity contribution is -0.122. The summed E-state index contributed by atoms with van der Waals surface area (Å²) in [5, 5.41) is 3.06. The molecule has 2 unspecified atom stereocenters. The first-order valence-electron chi connectivity index (χ1n) is 10.1. The number of nitrogens with one attached hydrogen (secondary N) is 1. The van der Waals surface area contributed by atoms with Crippen molar-refractivity contribution in [2.45, 2.75) is 51.0 Å². The third-order valence-corrected chi connectivity index (χ3v) is 6.60. The first-order valence-corrected chi connectivity index (χ1v) is 10.1. The lowest BCUT2D eigenvalue weighted by atomic mass is 9.65. The van der Waals surface area contributed by atoms with Gasteiger partial charge in [0.1, 0.15) is 5.75 Å². The molecule has 6 heteroatoms. The van der Waals surface area contributed by atoms with E-state index in [-0.39, 0.29) is 23.8 Å². The Balaban J connectivity index is 1.46. The lowest BCUT2D eigenvalue weighted by Crippen LogP contribution is -2.48. The van der Waals surface area contributed by atoms with Crippen molar-refractivity contribution in [2.24, 2.45) is 23.5 Å². The molecule has 2 saturated carbocycles. The molecule has 2 aliphatic carbocycles. The summed E-state index contributed by atoms with van der Waals surface area (Å²) in [5.41, 5.74) is 7.83.